The summed E-state index contributed by atoms with van der Waals surface area (Å²) in [5.41, 5.74) is 1.44. The van der Waals surface area contributed by atoms with Crippen LogP contribution in [0.3, 0.4) is 0 Å². The predicted octanol–water partition coefficient (Wildman–Crippen LogP) is 2.81. The van der Waals surface area contributed by atoms with Crippen LogP contribution >= 0.6 is 24.0 Å². The van der Waals surface area contributed by atoms with Crippen molar-refractivity contribution in [3.05, 3.63) is 35.4 Å². The summed E-state index contributed by atoms with van der Waals surface area (Å²) in [6, 6.07) is 7.61. The number of nitrogens with zero attached hydrogens (tertiary/aromatic N) is 3. The van der Waals surface area contributed by atoms with E-state index in [-0.39, 0.29) is 35.4 Å². The van der Waals surface area contributed by atoms with Gasteiger partial charge in [0.1, 0.15) is 0 Å². The molecule has 0 unspecified atom stereocenters. The first-order valence-corrected chi connectivity index (χ1v) is 7.40. The molecule has 0 aliphatic rings. The SMILES string of the molecule is CN(C)C(=NCc1cccc(C(=O)NC(C)(C)C)c1)N(C)C.I. The van der Waals surface area contributed by atoms with Gasteiger partial charge in [0, 0.05) is 39.3 Å². The molecule has 1 amide bonds. The lowest BCUT2D eigenvalue weighted by Crippen LogP contribution is -2.40. The molecular formula is C17H29IN4O. The molecule has 0 heterocycles. The van der Waals surface area contributed by atoms with Crippen LogP contribution in [-0.4, -0.2) is 55.4 Å². The van der Waals surface area contributed by atoms with E-state index in [4.69, 9.17) is 0 Å². The molecule has 0 aliphatic heterocycles. The van der Waals surface area contributed by atoms with Gasteiger partial charge >= 0.3 is 0 Å². The smallest absolute Gasteiger partial charge is 0.251 e. The molecule has 1 rings (SSSR count). The molecule has 0 atom stereocenters. The number of hydrogen-bond donors (Lipinski definition) is 1. The van der Waals surface area contributed by atoms with Gasteiger partial charge in [0.15, 0.2) is 5.96 Å². The van der Waals surface area contributed by atoms with Gasteiger partial charge in [-0.3, -0.25) is 4.79 Å². The van der Waals surface area contributed by atoms with Gasteiger partial charge in [-0.05, 0) is 38.5 Å². The molecule has 1 aromatic carbocycles. The highest BCUT2D eigenvalue weighted by atomic mass is 127. The Morgan fingerprint density at radius 1 is 1.13 bits per heavy atom. The third kappa shape index (κ3) is 7.67. The largest absolute Gasteiger partial charge is 0.349 e. The summed E-state index contributed by atoms with van der Waals surface area (Å²) >= 11 is 0. The second-order valence-corrected chi connectivity index (χ2v) is 6.81. The Labute approximate surface area is 157 Å². The van der Waals surface area contributed by atoms with Crippen LogP contribution in [0.15, 0.2) is 29.3 Å². The molecular weight excluding hydrogens is 403 g/mol. The van der Waals surface area contributed by atoms with Crippen LogP contribution in [0.5, 0.6) is 0 Å². The van der Waals surface area contributed by atoms with Crippen LogP contribution in [0.4, 0.5) is 0 Å². The monoisotopic (exact) mass is 432 g/mol. The number of carbonyl (C=O) groups is 1. The number of nitrogens with one attached hydrogen (secondary N) is 1. The quantitative estimate of drug-likeness (QED) is 0.454. The molecule has 0 spiro atoms. The molecule has 0 aliphatic carbocycles. The first-order chi connectivity index (χ1) is 10.1. The van der Waals surface area contributed by atoms with E-state index in [1.165, 1.54) is 0 Å². The molecule has 0 fully saturated rings. The van der Waals surface area contributed by atoms with Crippen LogP contribution in [-0.2, 0) is 6.54 Å². The van der Waals surface area contributed by atoms with Crippen molar-refractivity contribution in [2.24, 2.45) is 4.99 Å². The molecule has 0 saturated heterocycles. The van der Waals surface area contributed by atoms with E-state index < -0.39 is 0 Å². The molecule has 0 bridgehead atoms. The Kier molecular flexibility index (Phi) is 8.58. The molecule has 6 heteroatoms. The Balaban J connectivity index is 0.00000484. The summed E-state index contributed by atoms with van der Waals surface area (Å²) in [6.07, 6.45) is 0. The minimum atomic E-state index is -0.242. The molecule has 0 aromatic heterocycles. The minimum Gasteiger partial charge on any atom is -0.349 e. The van der Waals surface area contributed by atoms with Crippen molar-refractivity contribution < 1.29 is 4.79 Å². The summed E-state index contributed by atoms with van der Waals surface area (Å²) in [6.45, 7) is 6.46. The fourth-order valence-corrected chi connectivity index (χ4v) is 2.07. The van der Waals surface area contributed by atoms with Crippen molar-refractivity contribution in [2.45, 2.75) is 32.9 Å². The zero-order valence-electron chi connectivity index (χ0n) is 15.2. The highest BCUT2D eigenvalue weighted by Gasteiger charge is 2.15. The zero-order valence-corrected chi connectivity index (χ0v) is 17.5. The van der Waals surface area contributed by atoms with Gasteiger partial charge < -0.3 is 15.1 Å². The van der Waals surface area contributed by atoms with E-state index in [0.29, 0.717) is 12.1 Å². The number of guanidine groups is 1. The Hall–Kier alpha value is -1.31. The normalized spacial score (nSPS) is 10.4. The Morgan fingerprint density at radius 3 is 2.17 bits per heavy atom. The summed E-state index contributed by atoms with van der Waals surface area (Å²) in [5.74, 6) is 0.836. The van der Waals surface area contributed by atoms with Crippen molar-refractivity contribution in [1.82, 2.24) is 15.1 Å². The zero-order chi connectivity index (χ0) is 16.9. The van der Waals surface area contributed by atoms with Crippen LogP contribution < -0.4 is 5.32 Å². The molecule has 23 heavy (non-hydrogen) atoms. The average Bonchev–Trinajstić information content (AvgIpc) is 2.36. The van der Waals surface area contributed by atoms with Crippen LogP contribution in [0, 0.1) is 0 Å². The van der Waals surface area contributed by atoms with Crippen molar-refractivity contribution in [1.29, 1.82) is 0 Å². The molecule has 1 aromatic rings. The van der Waals surface area contributed by atoms with Crippen LogP contribution in [0.2, 0.25) is 0 Å². The molecule has 5 nitrogen and oxygen atoms in total. The number of benzene rings is 1. The van der Waals surface area contributed by atoms with Gasteiger partial charge in [-0.25, -0.2) is 4.99 Å². The summed E-state index contributed by atoms with van der Waals surface area (Å²) in [7, 11) is 7.86. The second-order valence-electron chi connectivity index (χ2n) is 6.81. The van der Waals surface area contributed by atoms with E-state index in [2.05, 4.69) is 10.3 Å². The van der Waals surface area contributed by atoms with E-state index in [1.807, 2.05) is 83.0 Å². The van der Waals surface area contributed by atoms with Crippen molar-refractivity contribution >= 4 is 35.8 Å². The van der Waals surface area contributed by atoms with Gasteiger partial charge in [0.05, 0.1) is 6.54 Å². The Bertz CT molecular complexity index is 538. The third-order valence-electron chi connectivity index (χ3n) is 2.88. The molecule has 1 N–H and O–H groups in total. The number of rotatable bonds is 3. The van der Waals surface area contributed by atoms with Gasteiger partial charge in [-0.15, -0.1) is 24.0 Å². The molecule has 0 saturated carbocycles. The van der Waals surface area contributed by atoms with Crippen LogP contribution in [0.25, 0.3) is 0 Å². The van der Waals surface area contributed by atoms with Crippen LogP contribution in [0.1, 0.15) is 36.7 Å². The summed E-state index contributed by atoms with van der Waals surface area (Å²) in [5, 5.41) is 2.97. The van der Waals surface area contributed by atoms with Gasteiger partial charge in [-0.1, -0.05) is 12.1 Å². The highest BCUT2D eigenvalue weighted by molar-refractivity contribution is 14.0. The highest BCUT2D eigenvalue weighted by Crippen LogP contribution is 2.09. The van der Waals surface area contributed by atoms with Crippen molar-refractivity contribution in [3.8, 4) is 0 Å². The lowest BCUT2D eigenvalue weighted by Gasteiger charge is -2.22. The van der Waals surface area contributed by atoms with E-state index in [1.54, 1.807) is 0 Å². The number of hydrogen-bond acceptors (Lipinski definition) is 2. The standard InChI is InChI=1S/C17H28N4O.HI/c1-17(2,3)19-15(22)14-10-8-9-13(11-14)12-18-16(20(4)5)21(6)7;/h8-11H,12H2,1-7H3,(H,19,22);1H. The second kappa shape index (κ2) is 9.10. The van der Waals surface area contributed by atoms with Gasteiger partial charge in [0.25, 0.3) is 5.91 Å². The maximum atomic E-state index is 12.2. The fourth-order valence-electron chi connectivity index (χ4n) is 2.07. The lowest BCUT2D eigenvalue weighted by molar-refractivity contribution is 0.0919. The maximum absolute atomic E-state index is 12.2. The number of carbonyl (C=O) groups excluding carboxylic acids is 1. The topological polar surface area (TPSA) is 47.9 Å². The summed E-state index contributed by atoms with van der Waals surface area (Å²) < 4.78 is 0. The lowest BCUT2D eigenvalue weighted by atomic mass is 10.1. The van der Waals surface area contributed by atoms with Crippen molar-refractivity contribution in [3.63, 3.8) is 0 Å². The minimum absolute atomic E-state index is 0. The summed E-state index contributed by atoms with van der Waals surface area (Å²) in [4.78, 5) is 20.7. The Morgan fingerprint density at radius 2 is 1.70 bits per heavy atom. The molecule has 130 valence electrons. The van der Waals surface area contributed by atoms with E-state index in [9.17, 15) is 4.79 Å². The number of aliphatic imine (C=N–C) groups is 1. The first-order valence-electron chi connectivity index (χ1n) is 7.40. The average molecular weight is 432 g/mol. The number of halogens is 1. The third-order valence-corrected chi connectivity index (χ3v) is 2.88. The fraction of sp³-hybridized carbons (Fsp3) is 0.529. The van der Waals surface area contributed by atoms with E-state index >= 15 is 0 Å². The van der Waals surface area contributed by atoms with Gasteiger partial charge in [-0.2, -0.15) is 0 Å². The predicted molar refractivity (Wildman–Crippen MR) is 108 cm³/mol. The van der Waals surface area contributed by atoms with Crippen molar-refractivity contribution in [2.75, 3.05) is 28.2 Å². The van der Waals surface area contributed by atoms with Gasteiger partial charge in [0.2, 0.25) is 0 Å². The number of amides is 1. The molecule has 0 radical (unpaired) electrons. The maximum Gasteiger partial charge on any atom is 0.251 e. The first kappa shape index (κ1) is 21.7. The van der Waals surface area contributed by atoms with E-state index in [0.717, 1.165) is 11.5 Å².